The van der Waals surface area contributed by atoms with E-state index in [1.54, 1.807) is 36.4 Å². The molecule has 0 unspecified atom stereocenters. The van der Waals surface area contributed by atoms with Gasteiger partial charge in [0.15, 0.2) is 0 Å². The van der Waals surface area contributed by atoms with Gasteiger partial charge in [-0.3, -0.25) is 5.43 Å². The molecule has 9 heteroatoms. The van der Waals surface area contributed by atoms with Crippen molar-refractivity contribution in [1.29, 1.82) is 0 Å². The van der Waals surface area contributed by atoms with Crippen molar-refractivity contribution in [3.63, 3.8) is 0 Å². The van der Waals surface area contributed by atoms with Gasteiger partial charge in [0.25, 0.3) is 0 Å². The molecule has 0 aliphatic heterocycles. The van der Waals surface area contributed by atoms with Gasteiger partial charge in [0.05, 0.1) is 22.8 Å². The van der Waals surface area contributed by atoms with Crippen LogP contribution in [0.4, 0.5) is 5.69 Å². The third-order valence-corrected chi connectivity index (χ3v) is 4.53. The number of hydrogen-bond donors (Lipinski definition) is 2. The second-order valence-corrected chi connectivity index (χ2v) is 7.07. The van der Waals surface area contributed by atoms with Crippen LogP contribution in [-0.4, -0.2) is 20.6 Å². The van der Waals surface area contributed by atoms with Crippen molar-refractivity contribution in [2.45, 2.75) is 4.90 Å². The highest BCUT2D eigenvalue weighted by molar-refractivity contribution is 7.89. The number of rotatable bonds is 6. The average molecular weight is 384 g/mol. The first-order chi connectivity index (χ1) is 12.8. The van der Waals surface area contributed by atoms with E-state index in [1.807, 2.05) is 0 Å². The van der Waals surface area contributed by atoms with Gasteiger partial charge in [-0.15, -0.1) is 0 Å². The summed E-state index contributed by atoms with van der Waals surface area (Å²) in [6.45, 7) is 0. The van der Waals surface area contributed by atoms with Crippen LogP contribution in [-0.2, 0) is 10.0 Å². The Hall–Kier alpha value is -3.43. The summed E-state index contributed by atoms with van der Waals surface area (Å²) in [6.07, 6.45) is 1.45. The molecular weight excluding hydrogens is 370 g/mol. The van der Waals surface area contributed by atoms with Crippen LogP contribution >= 0.6 is 0 Å². The van der Waals surface area contributed by atoms with Crippen LogP contribution in [0.1, 0.15) is 16.1 Å². The van der Waals surface area contributed by atoms with Gasteiger partial charge in [-0.1, -0.05) is 12.1 Å². The summed E-state index contributed by atoms with van der Waals surface area (Å²) in [5.74, 6) is -0.236. The van der Waals surface area contributed by atoms with Crippen LogP contribution in [0.15, 0.2) is 75.1 Å². The molecule has 1 aromatic heterocycles. The average Bonchev–Trinajstić information content (AvgIpc) is 3.10. The molecule has 3 rings (SSSR count). The second-order valence-electron chi connectivity index (χ2n) is 5.51. The number of carboxylic acid groups (broad SMARTS) is 1. The van der Waals surface area contributed by atoms with E-state index >= 15 is 0 Å². The Labute approximate surface area is 155 Å². The smallest absolute Gasteiger partial charge is 0.238 e. The van der Waals surface area contributed by atoms with Gasteiger partial charge in [-0.2, -0.15) is 5.10 Å². The van der Waals surface area contributed by atoms with E-state index in [9.17, 15) is 18.3 Å². The van der Waals surface area contributed by atoms with Crippen LogP contribution in [0.5, 0.6) is 0 Å². The zero-order chi connectivity index (χ0) is 19.4. The number of primary sulfonamides is 1. The van der Waals surface area contributed by atoms with Gasteiger partial charge in [-0.25, -0.2) is 13.6 Å². The monoisotopic (exact) mass is 384 g/mol. The van der Waals surface area contributed by atoms with Crippen molar-refractivity contribution in [2.24, 2.45) is 10.2 Å². The summed E-state index contributed by atoms with van der Waals surface area (Å²) < 4.78 is 28.2. The molecule has 0 saturated carbocycles. The standard InChI is InChI=1S/C18H15N3O5S/c19-27(24,25)16-8-3-12(4-9-16)17-10-7-15(26-17)11-20-21-14-5-1-13(2-6-14)18(22)23/h1-11,21H,(H,22,23)(H2,19,24,25)/p-1/b20-11-. The van der Waals surface area contributed by atoms with Gasteiger partial charge < -0.3 is 14.3 Å². The maximum Gasteiger partial charge on any atom is 0.238 e. The number of sulfonamides is 1. The molecule has 0 radical (unpaired) electrons. The quantitative estimate of drug-likeness (QED) is 0.487. The Balaban J connectivity index is 1.67. The van der Waals surface area contributed by atoms with Crippen LogP contribution in [0.25, 0.3) is 11.3 Å². The molecule has 0 atom stereocenters. The number of carbonyl (C=O) groups excluding carboxylic acids is 1. The number of hydrazone groups is 1. The predicted molar refractivity (Wildman–Crippen MR) is 97.5 cm³/mol. The van der Waals surface area contributed by atoms with Crippen LogP contribution in [0, 0.1) is 0 Å². The Bertz CT molecular complexity index is 1080. The number of furan rings is 1. The van der Waals surface area contributed by atoms with Crippen LogP contribution < -0.4 is 15.7 Å². The number of benzene rings is 2. The molecule has 2 aromatic carbocycles. The lowest BCUT2D eigenvalue weighted by molar-refractivity contribution is -0.255. The SMILES string of the molecule is NS(=O)(=O)c1ccc(-c2ccc(/C=N\Nc3ccc(C(=O)[O-])cc3)o2)cc1. The molecular formula is C18H14N3O5S-. The summed E-state index contributed by atoms with van der Waals surface area (Å²) >= 11 is 0. The van der Waals surface area contributed by atoms with Crippen molar-refractivity contribution < 1.29 is 22.7 Å². The fraction of sp³-hybridized carbons (Fsp3) is 0. The number of carbonyl (C=O) groups is 1. The van der Waals surface area contributed by atoms with Gasteiger partial charge in [0.2, 0.25) is 10.0 Å². The lowest BCUT2D eigenvalue weighted by atomic mass is 10.2. The van der Waals surface area contributed by atoms with E-state index in [-0.39, 0.29) is 10.5 Å². The third kappa shape index (κ3) is 4.60. The molecule has 0 saturated heterocycles. The number of hydrogen-bond acceptors (Lipinski definition) is 7. The molecule has 0 amide bonds. The van der Waals surface area contributed by atoms with Crippen molar-refractivity contribution in [3.05, 3.63) is 72.0 Å². The zero-order valence-electron chi connectivity index (χ0n) is 13.8. The highest BCUT2D eigenvalue weighted by atomic mass is 32.2. The fourth-order valence-electron chi connectivity index (χ4n) is 2.24. The van der Waals surface area contributed by atoms with Gasteiger partial charge in [0, 0.05) is 5.56 Å². The van der Waals surface area contributed by atoms with E-state index in [1.165, 1.54) is 30.5 Å². The number of carboxylic acids is 1. The van der Waals surface area contributed by atoms with E-state index in [0.29, 0.717) is 22.8 Å². The molecule has 27 heavy (non-hydrogen) atoms. The maximum atomic E-state index is 11.3. The molecule has 0 aliphatic rings. The first-order valence-corrected chi connectivity index (χ1v) is 9.21. The number of nitrogens with one attached hydrogen (secondary N) is 1. The minimum Gasteiger partial charge on any atom is -0.545 e. The summed E-state index contributed by atoms with van der Waals surface area (Å²) in [7, 11) is -3.74. The Morgan fingerprint density at radius 1 is 1.04 bits per heavy atom. The lowest BCUT2D eigenvalue weighted by Gasteiger charge is -2.03. The molecule has 3 aromatic rings. The first kappa shape index (κ1) is 18.4. The zero-order valence-corrected chi connectivity index (χ0v) is 14.6. The minimum absolute atomic E-state index is 0.0217. The Morgan fingerprint density at radius 2 is 1.70 bits per heavy atom. The van der Waals surface area contributed by atoms with Crippen molar-refractivity contribution in [1.82, 2.24) is 0 Å². The molecule has 1 heterocycles. The highest BCUT2D eigenvalue weighted by Gasteiger charge is 2.09. The van der Waals surface area contributed by atoms with Crippen LogP contribution in [0.3, 0.4) is 0 Å². The van der Waals surface area contributed by atoms with E-state index < -0.39 is 16.0 Å². The summed E-state index contributed by atoms with van der Waals surface area (Å²) in [5, 5.41) is 19.8. The Morgan fingerprint density at radius 3 is 2.30 bits per heavy atom. The molecule has 8 nitrogen and oxygen atoms in total. The number of anilines is 1. The van der Waals surface area contributed by atoms with Gasteiger partial charge >= 0.3 is 0 Å². The topological polar surface area (TPSA) is 138 Å². The summed E-state index contributed by atoms with van der Waals surface area (Å²) in [5.41, 5.74) is 4.11. The van der Waals surface area contributed by atoms with Gasteiger partial charge in [-0.05, 0) is 54.1 Å². The molecule has 138 valence electrons. The number of nitrogens with two attached hydrogens (primary N) is 1. The van der Waals surface area contributed by atoms with Crippen LogP contribution in [0.2, 0.25) is 0 Å². The predicted octanol–water partition coefficient (Wildman–Crippen LogP) is 1.40. The first-order valence-electron chi connectivity index (χ1n) is 7.66. The van der Waals surface area contributed by atoms with Crippen molar-refractivity contribution in [3.8, 4) is 11.3 Å². The van der Waals surface area contributed by atoms with E-state index in [2.05, 4.69) is 10.5 Å². The van der Waals surface area contributed by atoms with Gasteiger partial charge in [0.1, 0.15) is 11.5 Å². The Kier molecular flexibility index (Phi) is 5.06. The number of aromatic carboxylic acids is 1. The summed E-state index contributed by atoms with van der Waals surface area (Å²) in [6, 6.07) is 15.3. The largest absolute Gasteiger partial charge is 0.545 e. The third-order valence-electron chi connectivity index (χ3n) is 3.60. The second kappa shape index (κ2) is 7.44. The summed E-state index contributed by atoms with van der Waals surface area (Å²) in [4.78, 5) is 10.7. The maximum absolute atomic E-state index is 11.3. The van der Waals surface area contributed by atoms with E-state index in [4.69, 9.17) is 9.56 Å². The van der Waals surface area contributed by atoms with Crippen molar-refractivity contribution >= 4 is 27.9 Å². The molecule has 0 fully saturated rings. The normalized spacial score (nSPS) is 11.6. The molecule has 0 aliphatic carbocycles. The molecule has 3 N–H and O–H groups in total. The van der Waals surface area contributed by atoms with E-state index in [0.717, 1.165) is 0 Å². The van der Waals surface area contributed by atoms with Crippen molar-refractivity contribution in [2.75, 3.05) is 5.43 Å². The number of nitrogens with zero attached hydrogens (tertiary/aromatic N) is 1. The highest BCUT2D eigenvalue weighted by Crippen LogP contribution is 2.23. The fourth-order valence-corrected chi connectivity index (χ4v) is 2.75. The molecule has 0 bridgehead atoms. The minimum atomic E-state index is -3.74. The lowest BCUT2D eigenvalue weighted by Crippen LogP contribution is -2.21. The molecule has 0 spiro atoms.